The third kappa shape index (κ3) is 3.75. The molecule has 3 N–H and O–H groups in total. The summed E-state index contributed by atoms with van der Waals surface area (Å²) in [7, 11) is 1.62. The summed E-state index contributed by atoms with van der Waals surface area (Å²) < 4.78 is 10.9. The van der Waals surface area contributed by atoms with Crippen molar-refractivity contribution in [3.05, 3.63) is 29.3 Å². The Morgan fingerprint density at radius 2 is 2.18 bits per heavy atom. The fourth-order valence-electron chi connectivity index (χ4n) is 1.41. The van der Waals surface area contributed by atoms with Crippen molar-refractivity contribution in [3.63, 3.8) is 0 Å². The van der Waals surface area contributed by atoms with Crippen LogP contribution in [0.4, 0.5) is 0 Å². The van der Waals surface area contributed by atoms with Crippen LogP contribution in [0.25, 0.3) is 0 Å². The molecule has 0 heterocycles. The molecular formula is C13H20N2O2. The molecule has 94 valence electrons. The third-order valence-corrected chi connectivity index (χ3v) is 2.69. The van der Waals surface area contributed by atoms with Gasteiger partial charge in [-0.3, -0.25) is 5.41 Å². The van der Waals surface area contributed by atoms with Crippen molar-refractivity contribution in [2.45, 2.75) is 33.0 Å². The van der Waals surface area contributed by atoms with Crippen LogP contribution >= 0.6 is 0 Å². The van der Waals surface area contributed by atoms with Gasteiger partial charge in [0.2, 0.25) is 0 Å². The van der Waals surface area contributed by atoms with E-state index in [1.54, 1.807) is 13.2 Å². The minimum Gasteiger partial charge on any atom is -0.496 e. The summed E-state index contributed by atoms with van der Waals surface area (Å²) in [5.41, 5.74) is 7.06. The van der Waals surface area contributed by atoms with Crippen molar-refractivity contribution in [2.75, 3.05) is 7.11 Å². The first-order valence-corrected chi connectivity index (χ1v) is 5.71. The summed E-state index contributed by atoms with van der Waals surface area (Å²) in [6, 6.07) is 5.42. The Bertz CT molecular complexity index is 391. The zero-order chi connectivity index (χ0) is 12.8. The van der Waals surface area contributed by atoms with Crippen LogP contribution in [0.2, 0.25) is 0 Å². The van der Waals surface area contributed by atoms with Crippen LogP contribution < -0.4 is 10.5 Å². The minimum atomic E-state index is 0.0532. The normalized spacial score (nSPS) is 12.2. The zero-order valence-electron chi connectivity index (χ0n) is 10.6. The first-order valence-electron chi connectivity index (χ1n) is 5.71. The molecule has 0 amide bonds. The quantitative estimate of drug-likeness (QED) is 0.588. The number of hydrogen-bond acceptors (Lipinski definition) is 3. The first-order chi connectivity index (χ1) is 8.08. The topological polar surface area (TPSA) is 68.3 Å². The molecule has 1 aromatic rings. The van der Waals surface area contributed by atoms with Gasteiger partial charge in [-0.15, -0.1) is 0 Å². The van der Waals surface area contributed by atoms with Crippen molar-refractivity contribution in [2.24, 2.45) is 5.73 Å². The molecule has 0 radical (unpaired) electrons. The van der Waals surface area contributed by atoms with Crippen LogP contribution in [0, 0.1) is 5.41 Å². The second kappa shape index (κ2) is 6.25. The van der Waals surface area contributed by atoms with Crippen LogP contribution in [0.15, 0.2) is 18.2 Å². The number of benzene rings is 1. The molecule has 0 aliphatic rings. The molecule has 4 nitrogen and oxygen atoms in total. The summed E-state index contributed by atoms with van der Waals surface area (Å²) >= 11 is 0. The van der Waals surface area contributed by atoms with Gasteiger partial charge in [0.05, 0.1) is 19.8 Å². The molecule has 0 saturated heterocycles. The largest absolute Gasteiger partial charge is 0.496 e. The van der Waals surface area contributed by atoms with E-state index in [4.69, 9.17) is 20.6 Å². The second-order valence-corrected chi connectivity index (χ2v) is 3.97. The van der Waals surface area contributed by atoms with Crippen molar-refractivity contribution in [3.8, 4) is 5.75 Å². The number of amidine groups is 1. The minimum absolute atomic E-state index is 0.0532. The Morgan fingerprint density at radius 3 is 2.71 bits per heavy atom. The van der Waals surface area contributed by atoms with Gasteiger partial charge in [0, 0.05) is 11.1 Å². The zero-order valence-corrected chi connectivity index (χ0v) is 10.6. The van der Waals surface area contributed by atoms with Crippen LogP contribution in [-0.2, 0) is 11.3 Å². The SMILES string of the molecule is CCC(C)OCc1cc(C(=N)N)ccc1OC. The summed E-state index contributed by atoms with van der Waals surface area (Å²) in [4.78, 5) is 0. The number of rotatable bonds is 6. The summed E-state index contributed by atoms with van der Waals surface area (Å²) in [6.45, 7) is 4.58. The van der Waals surface area contributed by atoms with Gasteiger partial charge in [-0.2, -0.15) is 0 Å². The van der Waals surface area contributed by atoms with E-state index in [9.17, 15) is 0 Å². The second-order valence-electron chi connectivity index (χ2n) is 3.97. The van der Waals surface area contributed by atoms with Gasteiger partial charge in [-0.05, 0) is 31.5 Å². The van der Waals surface area contributed by atoms with Gasteiger partial charge in [0.25, 0.3) is 0 Å². The number of nitrogen functional groups attached to an aromatic ring is 1. The van der Waals surface area contributed by atoms with Gasteiger partial charge in [0.15, 0.2) is 0 Å². The highest BCUT2D eigenvalue weighted by Gasteiger charge is 2.08. The van der Waals surface area contributed by atoms with E-state index in [0.29, 0.717) is 12.2 Å². The Labute approximate surface area is 102 Å². The monoisotopic (exact) mass is 236 g/mol. The molecule has 0 saturated carbocycles. The van der Waals surface area contributed by atoms with Crippen molar-refractivity contribution >= 4 is 5.84 Å². The summed E-state index contributed by atoms with van der Waals surface area (Å²) in [6.07, 6.45) is 1.18. The third-order valence-electron chi connectivity index (χ3n) is 2.69. The molecule has 1 aromatic carbocycles. The lowest BCUT2D eigenvalue weighted by atomic mass is 10.1. The van der Waals surface area contributed by atoms with E-state index in [2.05, 4.69) is 6.92 Å². The average molecular weight is 236 g/mol. The average Bonchev–Trinajstić information content (AvgIpc) is 2.35. The molecular weight excluding hydrogens is 216 g/mol. The summed E-state index contributed by atoms with van der Waals surface area (Å²) in [5, 5.41) is 7.41. The lowest BCUT2D eigenvalue weighted by Gasteiger charge is -2.14. The fraction of sp³-hybridized carbons (Fsp3) is 0.462. The Morgan fingerprint density at radius 1 is 1.47 bits per heavy atom. The van der Waals surface area contributed by atoms with Gasteiger partial charge in [-0.1, -0.05) is 6.92 Å². The Hall–Kier alpha value is -1.55. The number of nitrogens with one attached hydrogen (secondary N) is 1. The molecule has 0 aliphatic heterocycles. The van der Waals surface area contributed by atoms with E-state index in [0.717, 1.165) is 17.7 Å². The fourth-order valence-corrected chi connectivity index (χ4v) is 1.41. The number of nitrogens with two attached hydrogens (primary N) is 1. The van der Waals surface area contributed by atoms with Crippen molar-refractivity contribution < 1.29 is 9.47 Å². The maximum Gasteiger partial charge on any atom is 0.124 e. The van der Waals surface area contributed by atoms with Crippen molar-refractivity contribution in [1.29, 1.82) is 5.41 Å². The van der Waals surface area contributed by atoms with Crippen LogP contribution in [-0.4, -0.2) is 19.0 Å². The van der Waals surface area contributed by atoms with Gasteiger partial charge >= 0.3 is 0 Å². The highest BCUT2D eigenvalue weighted by atomic mass is 16.5. The molecule has 1 rings (SSSR count). The van der Waals surface area contributed by atoms with Crippen molar-refractivity contribution in [1.82, 2.24) is 0 Å². The van der Waals surface area contributed by atoms with E-state index in [1.165, 1.54) is 0 Å². The van der Waals surface area contributed by atoms with Gasteiger partial charge in [-0.25, -0.2) is 0 Å². The predicted molar refractivity (Wildman–Crippen MR) is 68.6 cm³/mol. The molecule has 0 aromatic heterocycles. The lowest BCUT2D eigenvalue weighted by Crippen LogP contribution is -2.12. The number of hydrogen-bond donors (Lipinski definition) is 2. The maximum absolute atomic E-state index is 7.41. The molecule has 17 heavy (non-hydrogen) atoms. The smallest absolute Gasteiger partial charge is 0.124 e. The van der Waals surface area contributed by atoms with Crippen LogP contribution in [0.1, 0.15) is 31.4 Å². The highest BCUT2D eigenvalue weighted by Crippen LogP contribution is 2.21. The number of methoxy groups -OCH3 is 1. The Balaban J connectivity index is 2.86. The molecule has 0 aliphatic carbocycles. The van der Waals surface area contributed by atoms with Gasteiger partial charge in [0.1, 0.15) is 11.6 Å². The Kier molecular flexibility index (Phi) is 4.97. The molecule has 0 spiro atoms. The molecule has 0 fully saturated rings. The molecule has 4 heteroatoms. The molecule has 1 atom stereocenters. The summed E-state index contributed by atoms with van der Waals surface area (Å²) in [5.74, 6) is 0.816. The van der Waals surface area contributed by atoms with Gasteiger partial charge < -0.3 is 15.2 Å². The molecule has 1 unspecified atom stereocenters. The highest BCUT2D eigenvalue weighted by molar-refractivity contribution is 5.95. The van der Waals surface area contributed by atoms with E-state index in [-0.39, 0.29) is 11.9 Å². The first kappa shape index (κ1) is 13.5. The molecule has 0 bridgehead atoms. The van der Waals surface area contributed by atoms with Crippen LogP contribution in [0.3, 0.4) is 0 Å². The predicted octanol–water partition coefficient (Wildman–Crippen LogP) is 2.29. The van der Waals surface area contributed by atoms with E-state index >= 15 is 0 Å². The number of ether oxygens (including phenoxy) is 2. The van der Waals surface area contributed by atoms with E-state index < -0.39 is 0 Å². The standard InChI is InChI=1S/C13H20N2O2/c1-4-9(2)17-8-11-7-10(13(14)15)5-6-12(11)16-3/h5-7,9H,4,8H2,1-3H3,(H3,14,15). The van der Waals surface area contributed by atoms with E-state index in [1.807, 2.05) is 19.1 Å². The van der Waals surface area contributed by atoms with Crippen LogP contribution in [0.5, 0.6) is 5.75 Å². The maximum atomic E-state index is 7.41. The lowest BCUT2D eigenvalue weighted by molar-refractivity contribution is 0.0497.